The number of hydrogen-bond acceptors (Lipinski definition) is 10. The Morgan fingerprint density at radius 2 is 1.76 bits per heavy atom. The number of aliphatic hydroxyl groups is 2. The van der Waals surface area contributed by atoms with Gasteiger partial charge in [-0.05, 0) is 79.8 Å². The molecule has 0 bridgehead atoms. The van der Waals surface area contributed by atoms with Gasteiger partial charge in [0.05, 0.1) is 31.5 Å². The van der Waals surface area contributed by atoms with Crippen LogP contribution in [0.3, 0.4) is 0 Å². The standard InChI is InChI=1S/C47H59FN2O9/c1-4-25-57-47-43(50(3)46(53)55-27-26-54-31-33-15-7-6-8-16-33)30-41(49-58-5-2)38-28-34(17-11-13-23-51)37(19-12-14-24-52)44(45(38)47)39-29-36(21-22-42(39)59-47)56-32-35-18-9-10-20-40(35)48/h4,6-10,15-16,18,20-22,28-29,34,37,43-45,51-52H,1,5,11-14,17,19,23-27,30-32H2,2-3H3/t34-,37+,43-,44+,45+,47+/m0/s1. The number of benzene rings is 3. The molecule has 0 spiro atoms. The van der Waals surface area contributed by atoms with Gasteiger partial charge in [-0.3, -0.25) is 0 Å². The van der Waals surface area contributed by atoms with Crippen LogP contribution in [0.1, 0.15) is 74.5 Å². The van der Waals surface area contributed by atoms with E-state index in [0.717, 1.165) is 42.4 Å². The molecule has 2 N–H and O–H groups in total. The quantitative estimate of drug-likeness (QED) is 0.0585. The molecule has 3 aromatic rings. The zero-order valence-electron chi connectivity index (χ0n) is 34.3. The first-order valence-corrected chi connectivity index (χ1v) is 20.9. The smallest absolute Gasteiger partial charge is 0.410 e. The third-order valence-corrected chi connectivity index (χ3v) is 11.6. The van der Waals surface area contributed by atoms with Crippen LogP contribution in [0.15, 0.2) is 102 Å². The van der Waals surface area contributed by atoms with E-state index in [4.69, 9.17) is 33.7 Å². The molecular weight excluding hydrogens is 756 g/mol. The van der Waals surface area contributed by atoms with Gasteiger partial charge in [0, 0.05) is 43.7 Å². The number of allylic oxidation sites excluding steroid dienone is 1. The van der Waals surface area contributed by atoms with Crippen LogP contribution in [0.25, 0.3) is 0 Å². The fourth-order valence-electron chi connectivity index (χ4n) is 8.92. The topological polar surface area (TPSA) is 129 Å². The van der Waals surface area contributed by atoms with Crippen molar-refractivity contribution in [1.82, 2.24) is 4.90 Å². The molecule has 6 rings (SSSR count). The number of rotatable bonds is 22. The lowest BCUT2D eigenvalue weighted by molar-refractivity contribution is -0.253. The van der Waals surface area contributed by atoms with E-state index in [2.05, 4.69) is 12.7 Å². The van der Waals surface area contributed by atoms with Crippen LogP contribution in [0, 0.1) is 23.6 Å². The van der Waals surface area contributed by atoms with Gasteiger partial charge in [-0.1, -0.05) is 78.7 Å². The number of hydrogen-bond donors (Lipinski definition) is 2. The number of carbonyl (C=O) groups is 1. The van der Waals surface area contributed by atoms with E-state index in [1.807, 2.05) is 55.5 Å². The molecule has 11 nitrogen and oxygen atoms in total. The molecular formula is C47H59FN2O9. The predicted octanol–water partition coefficient (Wildman–Crippen LogP) is 8.34. The normalized spacial score (nSPS) is 23.6. The average Bonchev–Trinajstić information content (AvgIpc) is 3.25. The molecule has 3 aromatic carbocycles. The van der Waals surface area contributed by atoms with Crippen molar-refractivity contribution in [3.05, 3.63) is 120 Å². The number of amides is 1. The Kier molecular flexibility index (Phi) is 16.0. The molecule has 0 unspecified atom stereocenters. The minimum Gasteiger partial charge on any atom is -0.489 e. The number of carbonyl (C=O) groups excluding carboxylic acids is 1. The van der Waals surface area contributed by atoms with Crippen LogP contribution < -0.4 is 9.47 Å². The van der Waals surface area contributed by atoms with Gasteiger partial charge in [-0.15, -0.1) is 6.58 Å². The summed E-state index contributed by atoms with van der Waals surface area (Å²) in [5, 5.41) is 24.4. The highest BCUT2D eigenvalue weighted by molar-refractivity contribution is 6.02. The first kappa shape index (κ1) is 43.8. The van der Waals surface area contributed by atoms with Crippen molar-refractivity contribution in [3.8, 4) is 11.5 Å². The second-order valence-electron chi connectivity index (χ2n) is 15.3. The van der Waals surface area contributed by atoms with Crippen LogP contribution in [-0.2, 0) is 32.3 Å². The minimum absolute atomic E-state index is 0.0382. The van der Waals surface area contributed by atoms with Crippen molar-refractivity contribution in [3.63, 3.8) is 0 Å². The lowest BCUT2D eigenvalue weighted by atomic mass is 9.55. The molecule has 1 fully saturated rings. The summed E-state index contributed by atoms with van der Waals surface area (Å²) in [5.41, 5.74) is 3.99. The molecule has 6 atom stereocenters. The minimum atomic E-state index is -1.42. The Morgan fingerprint density at radius 1 is 1.00 bits per heavy atom. The molecule has 12 heteroatoms. The van der Waals surface area contributed by atoms with Gasteiger partial charge in [-0.2, -0.15) is 0 Å². The maximum atomic E-state index is 14.7. The Hall–Kier alpha value is -4.75. The molecule has 3 aliphatic rings. The lowest BCUT2D eigenvalue weighted by Gasteiger charge is -2.59. The predicted molar refractivity (Wildman–Crippen MR) is 223 cm³/mol. The number of unbranched alkanes of at least 4 members (excludes halogenated alkanes) is 2. The largest absolute Gasteiger partial charge is 0.489 e. The molecule has 318 valence electrons. The van der Waals surface area contributed by atoms with Crippen molar-refractivity contribution in [2.75, 3.05) is 46.7 Å². The van der Waals surface area contributed by atoms with Crippen molar-refractivity contribution < 1.29 is 47.9 Å². The van der Waals surface area contributed by atoms with Crippen molar-refractivity contribution >= 4 is 11.8 Å². The summed E-state index contributed by atoms with van der Waals surface area (Å²) < 4.78 is 46.6. The monoisotopic (exact) mass is 814 g/mol. The van der Waals surface area contributed by atoms with E-state index in [0.29, 0.717) is 48.8 Å². The summed E-state index contributed by atoms with van der Waals surface area (Å²) in [7, 11) is 1.69. The second kappa shape index (κ2) is 21.5. The lowest BCUT2D eigenvalue weighted by Crippen LogP contribution is -2.69. The van der Waals surface area contributed by atoms with E-state index < -0.39 is 23.8 Å². The van der Waals surface area contributed by atoms with Gasteiger partial charge >= 0.3 is 6.09 Å². The Labute approximate surface area is 347 Å². The van der Waals surface area contributed by atoms with Crippen LogP contribution >= 0.6 is 0 Å². The molecule has 1 aliphatic heterocycles. The van der Waals surface area contributed by atoms with Crippen LogP contribution in [0.2, 0.25) is 0 Å². The molecule has 0 radical (unpaired) electrons. The van der Waals surface area contributed by atoms with Crippen LogP contribution in [0.4, 0.5) is 9.18 Å². The summed E-state index contributed by atoms with van der Waals surface area (Å²) in [6.45, 7) is 7.20. The summed E-state index contributed by atoms with van der Waals surface area (Å²) >= 11 is 0. The zero-order valence-corrected chi connectivity index (χ0v) is 34.3. The number of oxime groups is 1. The highest BCUT2D eigenvalue weighted by atomic mass is 19.1. The van der Waals surface area contributed by atoms with Crippen molar-refractivity contribution in [2.24, 2.45) is 22.9 Å². The maximum absolute atomic E-state index is 14.7. The van der Waals surface area contributed by atoms with Crippen molar-refractivity contribution in [2.45, 2.75) is 82.8 Å². The van der Waals surface area contributed by atoms with Crippen molar-refractivity contribution in [1.29, 1.82) is 0 Å². The average molecular weight is 815 g/mol. The number of aliphatic hydroxyl groups excluding tert-OH is 2. The summed E-state index contributed by atoms with van der Waals surface area (Å²) in [6.07, 6.45) is 8.17. The first-order valence-electron chi connectivity index (χ1n) is 20.9. The van der Waals surface area contributed by atoms with Crippen LogP contribution in [0.5, 0.6) is 11.5 Å². The fraction of sp³-hybridized carbons (Fsp3) is 0.489. The third kappa shape index (κ3) is 10.3. The Bertz CT molecular complexity index is 1890. The molecule has 1 heterocycles. The molecule has 59 heavy (non-hydrogen) atoms. The summed E-state index contributed by atoms with van der Waals surface area (Å²) in [5.74, 6) is -1.21. The maximum Gasteiger partial charge on any atom is 0.410 e. The highest BCUT2D eigenvalue weighted by Crippen LogP contribution is 2.61. The Morgan fingerprint density at radius 3 is 2.51 bits per heavy atom. The fourth-order valence-corrected chi connectivity index (χ4v) is 8.92. The van der Waals surface area contributed by atoms with Gasteiger partial charge in [0.2, 0.25) is 5.79 Å². The number of fused-ring (bicyclic) bond motifs is 2. The van der Waals surface area contributed by atoms with Gasteiger partial charge in [0.15, 0.2) is 0 Å². The number of halogens is 1. The molecule has 0 saturated heterocycles. The first-order chi connectivity index (χ1) is 28.8. The molecule has 0 aromatic heterocycles. The van der Waals surface area contributed by atoms with E-state index in [-0.39, 0.29) is 69.6 Å². The van der Waals surface area contributed by atoms with E-state index in [9.17, 15) is 19.4 Å². The van der Waals surface area contributed by atoms with E-state index in [1.165, 1.54) is 6.07 Å². The van der Waals surface area contributed by atoms with E-state index in [1.54, 1.807) is 36.2 Å². The van der Waals surface area contributed by atoms with Gasteiger partial charge < -0.3 is 43.6 Å². The van der Waals surface area contributed by atoms with Crippen LogP contribution in [-0.4, -0.2) is 85.4 Å². The molecule has 1 saturated carbocycles. The Balaban J connectivity index is 1.41. The highest BCUT2D eigenvalue weighted by Gasteiger charge is 2.65. The van der Waals surface area contributed by atoms with Gasteiger partial charge in [0.1, 0.15) is 43.2 Å². The van der Waals surface area contributed by atoms with Gasteiger partial charge in [0.25, 0.3) is 0 Å². The number of ether oxygens (including phenoxy) is 5. The second-order valence-corrected chi connectivity index (χ2v) is 15.3. The number of likely N-dealkylation sites (N-methyl/N-ethyl adjacent to an activating group) is 1. The SMILES string of the molecule is C=CCO[C@@]12Oc3ccc(OCc4ccccc4F)cc3[C@H]3[C@H](CCCCO)[C@@H](CCCCO)C=C(C(=NOCC)C[C@@H]1N(C)C(=O)OCCOCc1ccccc1)[C@H]32. The molecule has 2 aliphatic carbocycles. The molecule has 1 amide bonds. The zero-order chi connectivity index (χ0) is 41.6. The summed E-state index contributed by atoms with van der Waals surface area (Å²) in [4.78, 5) is 21.3. The number of nitrogens with zero attached hydrogens (tertiary/aromatic N) is 2. The van der Waals surface area contributed by atoms with Gasteiger partial charge in [-0.25, -0.2) is 9.18 Å². The third-order valence-electron chi connectivity index (χ3n) is 11.6. The summed E-state index contributed by atoms with van der Waals surface area (Å²) in [6, 6.07) is 21.3. The van der Waals surface area contributed by atoms with E-state index >= 15 is 0 Å².